The molecule has 0 aliphatic heterocycles. The molecule has 12 heavy (non-hydrogen) atoms. The summed E-state index contributed by atoms with van der Waals surface area (Å²) >= 11 is 0. The van der Waals surface area contributed by atoms with E-state index in [1.54, 1.807) is 0 Å². The molecule has 2 aliphatic rings. The van der Waals surface area contributed by atoms with Crippen LogP contribution in [0.25, 0.3) is 0 Å². The molecule has 0 atom stereocenters. The van der Waals surface area contributed by atoms with Gasteiger partial charge in [-0.15, -0.1) is 0 Å². The zero-order chi connectivity index (χ0) is 8.77. The summed E-state index contributed by atoms with van der Waals surface area (Å²) in [6.45, 7) is 7.14. The number of hydrogen-bond acceptors (Lipinski definition) is 1. The Hall–Kier alpha value is -0.0400. The van der Waals surface area contributed by atoms with Gasteiger partial charge in [-0.3, -0.25) is 0 Å². The minimum Gasteiger partial charge on any atom is -0.311 e. The molecule has 0 unspecified atom stereocenters. The van der Waals surface area contributed by atoms with Crippen molar-refractivity contribution < 1.29 is 0 Å². The molecule has 2 rings (SSSR count). The number of nitrogens with one attached hydrogen (secondary N) is 1. The Balaban J connectivity index is 1.74. The molecular formula is C11H21N. The summed E-state index contributed by atoms with van der Waals surface area (Å²) in [6, 6.07) is 1.75. The van der Waals surface area contributed by atoms with Crippen molar-refractivity contribution in [3.05, 3.63) is 0 Å². The average Bonchev–Trinajstić information content (AvgIpc) is 2.67. The summed E-state index contributed by atoms with van der Waals surface area (Å²) in [5.41, 5.74) is 0.645. The molecule has 1 N–H and O–H groups in total. The van der Waals surface area contributed by atoms with E-state index in [4.69, 9.17) is 0 Å². The average molecular weight is 167 g/mol. The Morgan fingerprint density at radius 1 is 1.17 bits per heavy atom. The molecule has 2 saturated carbocycles. The second kappa shape index (κ2) is 2.73. The van der Waals surface area contributed by atoms with Crippen molar-refractivity contribution in [3.63, 3.8) is 0 Å². The molecule has 1 heteroatoms. The van der Waals surface area contributed by atoms with Crippen LogP contribution in [0.15, 0.2) is 0 Å². The Kier molecular flexibility index (Phi) is 1.95. The fourth-order valence-corrected chi connectivity index (χ4v) is 2.24. The molecule has 1 nitrogen and oxygen atoms in total. The Morgan fingerprint density at radius 3 is 2.17 bits per heavy atom. The Labute approximate surface area is 75.9 Å². The van der Waals surface area contributed by atoms with Crippen LogP contribution in [0.2, 0.25) is 0 Å². The third kappa shape index (κ3) is 1.52. The summed E-state index contributed by atoms with van der Waals surface area (Å²) in [5.74, 6) is 0.856. The molecule has 70 valence electrons. The van der Waals surface area contributed by atoms with E-state index in [-0.39, 0.29) is 0 Å². The first-order chi connectivity index (χ1) is 5.60. The van der Waals surface area contributed by atoms with Gasteiger partial charge >= 0.3 is 0 Å². The Bertz CT molecular complexity index is 164. The third-order valence-electron chi connectivity index (χ3n) is 3.87. The first-order valence-electron chi connectivity index (χ1n) is 5.36. The van der Waals surface area contributed by atoms with E-state index in [9.17, 15) is 0 Å². The maximum Gasteiger partial charge on any atom is 0.00802 e. The summed E-state index contributed by atoms with van der Waals surface area (Å²) in [5, 5.41) is 3.70. The van der Waals surface area contributed by atoms with Crippen LogP contribution in [-0.4, -0.2) is 12.1 Å². The van der Waals surface area contributed by atoms with Crippen LogP contribution in [0.4, 0.5) is 0 Å². The van der Waals surface area contributed by atoms with Crippen molar-refractivity contribution in [2.45, 2.75) is 58.5 Å². The fourth-order valence-electron chi connectivity index (χ4n) is 2.24. The fraction of sp³-hybridized carbons (Fsp3) is 1.00. The van der Waals surface area contributed by atoms with Crippen molar-refractivity contribution in [1.82, 2.24) is 5.32 Å². The van der Waals surface area contributed by atoms with E-state index in [1.165, 1.54) is 25.7 Å². The second-order valence-electron chi connectivity index (χ2n) is 5.35. The van der Waals surface area contributed by atoms with Gasteiger partial charge < -0.3 is 5.32 Å². The maximum absolute atomic E-state index is 3.70. The molecule has 0 radical (unpaired) electrons. The van der Waals surface area contributed by atoms with Crippen molar-refractivity contribution in [3.8, 4) is 0 Å². The smallest absolute Gasteiger partial charge is 0.00802 e. The molecule has 2 aliphatic carbocycles. The van der Waals surface area contributed by atoms with Gasteiger partial charge in [0.2, 0.25) is 0 Å². The van der Waals surface area contributed by atoms with Crippen LogP contribution in [0, 0.1) is 11.3 Å². The van der Waals surface area contributed by atoms with Crippen molar-refractivity contribution in [1.29, 1.82) is 0 Å². The molecule has 0 amide bonds. The predicted molar refractivity (Wildman–Crippen MR) is 52.1 cm³/mol. The Morgan fingerprint density at radius 2 is 1.75 bits per heavy atom. The second-order valence-corrected chi connectivity index (χ2v) is 5.35. The van der Waals surface area contributed by atoms with Crippen molar-refractivity contribution in [2.24, 2.45) is 11.3 Å². The largest absolute Gasteiger partial charge is 0.311 e. The van der Waals surface area contributed by atoms with Gasteiger partial charge in [-0.25, -0.2) is 0 Å². The van der Waals surface area contributed by atoms with Gasteiger partial charge in [-0.05, 0) is 37.0 Å². The van der Waals surface area contributed by atoms with E-state index >= 15 is 0 Å². The van der Waals surface area contributed by atoms with Crippen LogP contribution >= 0.6 is 0 Å². The summed E-state index contributed by atoms with van der Waals surface area (Å²) < 4.78 is 0. The van der Waals surface area contributed by atoms with Crippen LogP contribution < -0.4 is 5.32 Å². The zero-order valence-electron chi connectivity index (χ0n) is 8.56. The molecule has 0 aromatic rings. The quantitative estimate of drug-likeness (QED) is 0.681. The van der Waals surface area contributed by atoms with Crippen LogP contribution in [0.1, 0.15) is 46.5 Å². The van der Waals surface area contributed by atoms with Crippen molar-refractivity contribution >= 4 is 0 Å². The molecule has 0 aromatic heterocycles. The van der Waals surface area contributed by atoms with Gasteiger partial charge in [0.25, 0.3) is 0 Å². The molecule has 0 saturated heterocycles. The molecule has 0 spiro atoms. The first-order valence-corrected chi connectivity index (χ1v) is 5.36. The topological polar surface area (TPSA) is 12.0 Å². The standard InChI is InChI=1S/C11H21N/c1-8(2)11(3)6-10(7-11)12-9-4-5-9/h8-10,12H,4-7H2,1-3H3. The van der Waals surface area contributed by atoms with E-state index in [0.29, 0.717) is 5.41 Å². The summed E-state index contributed by atoms with van der Waals surface area (Å²) in [6.07, 6.45) is 5.66. The van der Waals surface area contributed by atoms with Gasteiger partial charge in [0.05, 0.1) is 0 Å². The van der Waals surface area contributed by atoms with E-state index in [1.807, 2.05) is 0 Å². The van der Waals surface area contributed by atoms with Crippen LogP contribution in [-0.2, 0) is 0 Å². The van der Waals surface area contributed by atoms with E-state index in [0.717, 1.165) is 18.0 Å². The van der Waals surface area contributed by atoms with Crippen LogP contribution in [0.3, 0.4) is 0 Å². The minimum absolute atomic E-state index is 0.645. The third-order valence-corrected chi connectivity index (χ3v) is 3.87. The molecule has 0 heterocycles. The normalized spacial score (nSPS) is 41.5. The lowest BCUT2D eigenvalue weighted by molar-refractivity contribution is 0.0496. The predicted octanol–water partition coefficient (Wildman–Crippen LogP) is 2.56. The summed E-state index contributed by atoms with van der Waals surface area (Å²) in [7, 11) is 0. The number of hydrogen-bond donors (Lipinski definition) is 1. The van der Waals surface area contributed by atoms with Gasteiger partial charge in [-0.2, -0.15) is 0 Å². The van der Waals surface area contributed by atoms with E-state index < -0.39 is 0 Å². The molecular weight excluding hydrogens is 146 g/mol. The summed E-state index contributed by atoms with van der Waals surface area (Å²) in [4.78, 5) is 0. The van der Waals surface area contributed by atoms with Gasteiger partial charge in [0.1, 0.15) is 0 Å². The van der Waals surface area contributed by atoms with Crippen LogP contribution in [0.5, 0.6) is 0 Å². The monoisotopic (exact) mass is 167 g/mol. The van der Waals surface area contributed by atoms with Crippen molar-refractivity contribution in [2.75, 3.05) is 0 Å². The zero-order valence-corrected chi connectivity index (χ0v) is 8.56. The van der Waals surface area contributed by atoms with E-state index in [2.05, 4.69) is 26.1 Å². The SMILES string of the molecule is CC(C)C1(C)CC(NC2CC2)C1. The minimum atomic E-state index is 0.645. The molecule has 2 fully saturated rings. The highest BCUT2D eigenvalue weighted by atomic mass is 15.0. The first kappa shape index (κ1) is 8.55. The van der Waals surface area contributed by atoms with Gasteiger partial charge in [-0.1, -0.05) is 20.8 Å². The number of rotatable bonds is 3. The lowest BCUT2D eigenvalue weighted by atomic mass is 9.61. The van der Waals surface area contributed by atoms with Gasteiger partial charge in [0, 0.05) is 12.1 Å². The highest BCUT2D eigenvalue weighted by Gasteiger charge is 2.43. The lowest BCUT2D eigenvalue weighted by Crippen LogP contribution is -2.50. The molecule has 0 aromatic carbocycles. The highest BCUT2D eigenvalue weighted by Crippen LogP contribution is 2.47. The van der Waals surface area contributed by atoms with Gasteiger partial charge in [0.15, 0.2) is 0 Å². The molecule has 0 bridgehead atoms. The lowest BCUT2D eigenvalue weighted by Gasteiger charge is -2.49. The highest BCUT2D eigenvalue weighted by molar-refractivity contribution is 4.99. The maximum atomic E-state index is 3.70.